The second-order valence-electron chi connectivity index (χ2n) is 9.08. The first kappa shape index (κ1) is 32.5. The summed E-state index contributed by atoms with van der Waals surface area (Å²) in [6, 6.07) is 5.24. The summed E-state index contributed by atoms with van der Waals surface area (Å²) in [7, 11) is 0. The number of halogens is 3. The first-order valence-electron chi connectivity index (χ1n) is 13.3. The van der Waals surface area contributed by atoms with Gasteiger partial charge in [-0.3, -0.25) is 23.9 Å². The summed E-state index contributed by atoms with van der Waals surface area (Å²) in [5, 5.41) is 21.3. The van der Waals surface area contributed by atoms with Crippen molar-refractivity contribution < 1.29 is 32.7 Å². The average molecular weight is 604 g/mol. The van der Waals surface area contributed by atoms with Crippen molar-refractivity contribution in [2.24, 2.45) is 5.73 Å². The number of nitrogens with two attached hydrogens (primary N) is 1. The Morgan fingerprint density at radius 1 is 1.14 bits per heavy atom. The maximum absolute atomic E-state index is 13.4. The first-order chi connectivity index (χ1) is 20.6. The number of carbonyl (C=O) groups excluding carboxylic acids is 2. The molecule has 0 radical (unpaired) electrons. The number of aryl methyl sites for hydroxylation is 1. The maximum atomic E-state index is 13.4. The Hall–Kier alpha value is -4.99. The van der Waals surface area contributed by atoms with E-state index < -0.39 is 11.9 Å². The number of nitrogens with one attached hydrogen (secondary N) is 4. The van der Waals surface area contributed by atoms with E-state index in [0.717, 1.165) is 11.8 Å². The minimum atomic E-state index is -4.60. The van der Waals surface area contributed by atoms with E-state index in [1.807, 2.05) is 18.1 Å². The Morgan fingerprint density at radius 2 is 1.88 bits per heavy atom. The number of benzene rings is 1. The number of aromatic nitrogens is 5. The van der Waals surface area contributed by atoms with Crippen LogP contribution in [0.4, 0.5) is 24.7 Å². The van der Waals surface area contributed by atoms with Crippen LogP contribution >= 0.6 is 0 Å². The van der Waals surface area contributed by atoms with Crippen molar-refractivity contribution in [3.8, 4) is 11.3 Å². The molecule has 43 heavy (non-hydrogen) atoms. The zero-order chi connectivity index (χ0) is 31.4. The molecule has 2 amide bonds. The lowest BCUT2D eigenvalue weighted by Crippen LogP contribution is -2.30. The molecular formula is C27H32F3N9O4. The molecule has 4 rings (SSSR count). The van der Waals surface area contributed by atoms with E-state index in [9.17, 15) is 22.8 Å². The number of carboxylic acid groups (broad SMARTS) is 1. The third kappa shape index (κ3) is 8.51. The van der Waals surface area contributed by atoms with Gasteiger partial charge in [-0.05, 0) is 49.6 Å². The molecular weight excluding hydrogens is 571 g/mol. The normalized spacial score (nSPS) is 11.0. The van der Waals surface area contributed by atoms with Crippen LogP contribution in [0, 0.1) is 0 Å². The molecule has 3 heterocycles. The zero-order valence-corrected chi connectivity index (χ0v) is 23.2. The number of rotatable bonds is 12. The molecule has 0 atom stereocenters. The van der Waals surface area contributed by atoms with Crippen LogP contribution in [0.2, 0.25) is 0 Å². The fraction of sp³-hybridized carbons (Fsp3) is 0.333. The highest BCUT2D eigenvalue weighted by Gasteiger charge is 2.36. The average Bonchev–Trinajstić information content (AvgIpc) is 3.64. The number of nitrogens with zero attached hydrogens (tertiary/aromatic N) is 4. The summed E-state index contributed by atoms with van der Waals surface area (Å²) in [5.41, 5.74) is 6.78. The number of alkyl halides is 3. The molecule has 0 aliphatic heterocycles. The first-order valence-corrected chi connectivity index (χ1v) is 13.3. The van der Waals surface area contributed by atoms with E-state index in [1.54, 1.807) is 12.1 Å². The van der Waals surface area contributed by atoms with Gasteiger partial charge in [0.25, 0.3) is 12.4 Å². The van der Waals surface area contributed by atoms with Gasteiger partial charge in [0, 0.05) is 43.2 Å². The largest absolute Gasteiger partial charge is 0.483 e. The SMILES string of the molecule is CCc1cc(Nc2nccn3c(-c4cn[nH]c4C(F)(F)F)cnc23)ccc1C(=O)NCCCNC(=O)CCCN.O=CO. The zero-order valence-electron chi connectivity index (χ0n) is 23.2. The van der Waals surface area contributed by atoms with Crippen molar-refractivity contribution in [2.45, 2.75) is 38.8 Å². The van der Waals surface area contributed by atoms with Gasteiger partial charge in [0.2, 0.25) is 5.91 Å². The molecule has 0 spiro atoms. The molecule has 0 unspecified atom stereocenters. The summed E-state index contributed by atoms with van der Waals surface area (Å²) in [6.45, 7) is 3.00. The molecule has 0 saturated carbocycles. The quantitative estimate of drug-likeness (QED) is 0.104. The molecule has 0 bridgehead atoms. The van der Waals surface area contributed by atoms with E-state index in [1.165, 1.54) is 23.0 Å². The van der Waals surface area contributed by atoms with Gasteiger partial charge in [0.1, 0.15) is 5.69 Å². The smallest absolute Gasteiger partial charge is 0.433 e. The predicted molar refractivity (Wildman–Crippen MR) is 152 cm³/mol. The molecule has 4 aromatic rings. The number of hydrogen-bond acceptors (Lipinski definition) is 8. The lowest BCUT2D eigenvalue weighted by molar-refractivity contribution is -0.140. The van der Waals surface area contributed by atoms with Crippen molar-refractivity contribution in [2.75, 3.05) is 25.0 Å². The number of aromatic amines is 1. The summed E-state index contributed by atoms with van der Waals surface area (Å²) in [4.78, 5) is 41.4. The lowest BCUT2D eigenvalue weighted by Gasteiger charge is -2.13. The Kier molecular flexibility index (Phi) is 11.6. The van der Waals surface area contributed by atoms with E-state index in [4.69, 9.17) is 15.6 Å². The molecule has 0 fully saturated rings. The van der Waals surface area contributed by atoms with Crippen LogP contribution in [0.5, 0.6) is 0 Å². The highest BCUT2D eigenvalue weighted by atomic mass is 19.4. The summed E-state index contributed by atoms with van der Waals surface area (Å²) in [5.74, 6) is 0.0487. The second-order valence-corrected chi connectivity index (χ2v) is 9.08. The van der Waals surface area contributed by atoms with Crippen molar-refractivity contribution >= 4 is 35.4 Å². The third-order valence-corrected chi connectivity index (χ3v) is 6.19. The van der Waals surface area contributed by atoms with Gasteiger partial charge in [-0.15, -0.1) is 0 Å². The Bertz CT molecular complexity index is 1540. The lowest BCUT2D eigenvalue weighted by atomic mass is 10.0. The molecule has 230 valence electrons. The minimum absolute atomic E-state index is 0.0579. The number of hydrogen-bond donors (Lipinski definition) is 6. The van der Waals surface area contributed by atoms with E-state index >= 15 is 0 Å². The monoisotopic (exact) mass is 603 g/mol. The summed E-state index contributed by atoms with van der Waals surface area (Å²) < 4.78 is 41.7. The van der Waals surface area contributed by atoms with E-state index in [0.29, 0.717) is 68.0 Å². The van der Waals surface area contributed by atoms with Crippen molar-refractivity contribution in [3.63, 3.8) is 0 Å². The summed E-state index contributed by atoms with van der Waals surface area (Å²) in [6.07, 6.45) is 3.01. The molecule has 0 saturated heterocycles. The molecule has 7 N–H and O–H groups in total. The van der Waals surface area contributed by atoms with Gasteiger partial charge in [-0.1, -0.05) is 6.92 Å². The maximum Gasteiger partial charge on any atom is 0.433 e. The predicted octanol–water partition coefficient (Wildman–Crippen LogP) is 3.12. The molecule has 0 aliphatic carbocycles. The van der Waals surface area contributed by atoms with Crippen molar-refractivity contribution in [1.82, 2.24) is 35.2 Å². The second kappa shape index (κ2) is 15.3. The molecule has 3 aromatic heterocycles. The van der Waals surface area contributed by atoms with Gasteiger partial charge in [0.05, 0.1) is 23.7 Å². The van der Waals surface area contributed by atoms with E-state index in [-0.39, 0.29) is 29.5 Å². The molecule has 13 nitrogen and oxygen atoms in total. The van der Waals surface area contributed by atoms with Gasteiger partial charge in [-0.2, -0.15) is 18.3 Å². The standard InChI is InChI=1S/C26H30F3N9O2.CH2O2/c1-2-16-13-17(6-7-18(16)25(40)33-10-4-9-31-21(39)5-3-8-30)36-23-24-34-15-20(38(24)12-11-32-23)19-14-35-37-22(19)26(27,28)29;2-1-3/h6-7,11-15H,2-5,8-10,30H2,1H3,(H,31,39)(H,32,36)(H,33,40)(H,35,37);1H,(H,2,3). The third-order valence-electron chi connectivity index (χ3n) is 6.19. The van der Waals surface area contributed by atoms with Crippen LogP contribution in [-0.2, 0) is 22.2 Å². The Morgan fingerprint density at radius 3 is 2.58 bits per heavy atom. The van der Waals surface area contributed by atoms with Crippen LogP contribution in [0.1, 0.15) is 47.8 Å². The van der Waals surface area contributed by atoms with Gasteiger partial charge in [0.15, 0.2) is 11.5 Å². The van der Waals surface area contributed by atoms with Crippen molar-refractivity contribution in [3.05, 3.63) is 59.8 Å². The van der Waals surface area contributed by atoms with Crippen LogP contribution in [-0.4, -0.2) is 67.6 Å². The number of fused-ring (bicyclic) bond motifs is 1. The highest BCUT2D eigenvalue weighted by Crippen LogP contribution is 2.36. The van der Waals surface area contributed by atoms with Crippen LogP contribution < -0.4 is 21.7 Å². The topological polar surface area (TPSA) is 192 Å². The summed E-state index contributed by atoms with van der Waals surface area (Å²) >= 11 is 0. The fourth-order valence-electron chi connectivity index (χ4n) is 4.19. The molecule has 1 aromatic carbocycles. The Balaban J connectivity index is 0.00000162. The molecule has 16 heteroatoms. The van der Waals surface area contributed by atoms with Crippen molar-refractivity contribution in [1.29, 1.82) is 0 Å². The highest BCUT2D eigenvalue weighted by molar-refractivity contribution is 5.96. The van der Waals surface area contributed by atoms with Gasteiger partial charge in [-0.25, -0.2) is 9.97 Å². The Labute approximate surface area is 244 Å². The number of imidazole rings is 1. The number of amides is 2. The number of anilines is 2. The molecule has 0 aliphatic rings. The van der Waals surface area contributed by atoms with Gasteiger partial charge >= 0.3 is 6.18 Å². The van der Waals surface area contributed by atoms with E-state index in [2.05, 4.69) is 31.0 Å². The van der Waals surface area contributed by atoms with Crippen LogP contribution in [0.25, 0.3) is 16.9 Å². The number of carbonyl (C=O) groups is 3. The van der Waals surface area contributed by atoms with Gasteiger partial charge < -0.3 is 26.8 Å². The minimum Gasteiger partial charge on any atom is -0.483 e. The van der Waals surface area contributed by atoms with Crippen LogP contribution in [0.15, 0.2) is 43.0 Å². The fourth-order valence-corrected chi connectivity index (χ4v) is 4.19. The van der Waals surface area contributed by atoms with Crippen LogP contribution in [0.3, 0.4) is 0 Å². The number of H-pyrrole nitrogens is 1.